The number of hydrogen-bond acceptors (Lipinski definition) is 5. The molecule has 7 nitrogen and oxygen atoms in total. The summed E-state index contributed by atoms with van der Waals surface area (Å²) in [5.41, 5.74) is 7.46. The fourth-order valence-electron chi connectivity index (χ4n) is 1.93. The molecule has 1 heterocycles. The number of carbonyl (C=O) groups excluding carboxylic acids is 1. The van der Waals surface area contributed by atoms with Crippen molar-refractivity contribution in [1.82, 2.24) is 15.1 Å². The van der Waals surface area contributed by atoms with Crippen molar-refractivity contribution in [2.45, 2.75) is 6.54 Å². The van der Waals surface area contributed by atoms with E-state index < -0.39 is 0 Å². The zero-order valence-electron chi connectivity index (χ0n) is 12.2. The van der Waals surface area contributed by atoms with E-state index in [1.54, 1.807) is 23.0 Å². The van der Waals surface area contributed by atoms with Crippen LogP contribution >= 0.6 is 0 Å². The summed E-state index contributed by atoms with van der Waals surface area (Å²) in [5.74, 6) is 0.661. The Balaban J connectivity index is 2.15. The lowest BCUT2D eigenvalue weighted by Gasteiger charge is -2.12. The number of amides is 1. The zero-order chi connectivity index (χ0) is 15.4. The highest BCUT2D eigenvalue weighted by atomic mass is 16.5. The molecule has 0 spiro atoms. The zero-order valence-corrected chi connectivity index (χ0v) is 12.2. The van der Waals surface area contributed by atoms with Gasteiger partial charge >= 0.3 is 0 Å². The van der Waals surface area contributed by atoms with Crippen molar-refractivity contribution >= 4 is 11.6 Å². The van der Waals surface area contributed by atoms with Crippen LogP contribution in [0.15, 0.2) is 24.5 Å². The van der Waals surface area contributed by atoms with Crippen LogP contribution in [0.1, 0.15) is 15.9 Å². The summed E-state index contributed by atoms with van der Waals surface area (Å²) in [5, 5.41) is 6.83. The maximum atomic E-state index is 12.2. The Morgan fingerprint density at radius 3 is 2.57 bits per heavy atom. The molecule has 112 valence electrons. The SMILES string of the molecule is COc1cc(N)c(C(=O)NCc2cnn(C)c2)cc1OC. The third kappa shape index (κ3) is 3.25. The number of nitrogen functional groups attached to an aromatic ring is 1. The highest BCUT2D eigenvalue weighted by molar-refractivity contribution is 6.00. The quantitative estimate of drug-likeness (QED) is 0.800. The van der Waals surface area contributed by atoms with E-state index in [1.807, 2.05) is 13.2 Å². The third-order valence-electron chi connectivity index (χ3n) is 3.01. The Kier molecular flexibility index (Phi) is 4.32. The first-order chi connectivity index (χ1) is 10.0. The molecule has 0 aliphatic carbocycles. The Labute approximate surface area is 122 Å². The van der Waals surface area contributed by atoms with Crippen LogP contribution in [-0.2, 0) is 13.6 Å². The van der Waals surface area contributed by atoms with Crippen LogP contribution in [0.3, 0.4) is 0 Å². The molecule has 0 atom stereocenters. The molecule has 21 heavy (non-hydrogen) atoms. The van der Waals surface area contributed by atoms with Gasteiger partial charge in [0.25, 0.3) is 5.91 Å². The highest BCUT2D eigenvalue weighted by Crippen LogP contribution is 2.31. The summed E-state index contributed by atoms with van der Waals surface area (Å²) in [6, 6.07) is 3.13. The topological polar surface area (TPSA) is 91.4 Å². The summed E-state index contributed by atoms with van der Waals surface area (Å²) >= 11 is 0. The lowest BCUT2D eigenvalue weighted by atomic mass is 10.1. The van der Waals surface area contributed by atoms with Crippen molar-refractivity contribution in [3.8, 4) is 11.5 Å². The molecule has 0 aliphatic heterocycles. The van der Waals surface area contributed by atoms with E-state index in [9.17, 15) is 4.79 Å². The van der Waals surface area contributed by atoms with E-state index in [4.69, 9.17) is 15.2 Å². The molecule has 0 fully saturated rings. The first-order valence-corrected chi connectivity index (χ1v) is 6.32. The van der Waals surface area contributed by atoms with Gasteiger partial charge in [0, 0.05) is 37.1 Å². The van der Waals surface area contributed by atoms with E-state index in [1.165, 1.54) is 14.2 Å². The number of carbonyl (C=O) groups is 1. The number of ether oxygens (including phenoxy) is 2. The van der Waals surface area contributed by atoms with Crippen molar-refractivity contribution in [3.05, 3.63) is 35.7 Å². The lowest BCUT2D eigenvalue weighted by molar-refractivity contribution is 0.0951. The van der Waals surface area contributed by atoms with Crippen LogP contribution in [0.25, 0.3) is 0 Å². The number of methoxy groups -OCH3 is 2. The smallest absolute Gasteiger partial charge is 0.253 e. The monoisotopic (exact) mass is 290 g/mol. The van der Waals surface area contributed by atoms with Crippen LogP contribution in [0, 0.1) is 0 Å². The number of nitrogens with zero attached hydrogens (tertiary/aromatic N) is 2. The van der Waals surface area contributed by atoms with Crippen molar-refractivity contribution in [2.24, 2.45) is 7.05 Å². The number of nitrogens with two attached hydrogens (primary N) is 1. The van der Waals surface area contributed by atoms with Crippen molar-refractivity contribution in [1.29, 1.82) is 0 Å². The average Bonchev–Trinajstić information content (AvgIpc) is 2.90. The standard InChI is InChI=1S/C14H18N4O3/c1-18-8-9(7-17-18)6-16-14(19)10-4-12(20-2)13(21-3)5-11(10)15/h4-5,7-8H,6,15H2,1-3H3,(H,16,19). The van der Waals surface area contributed by atoms with Gasteiger partial charge in [-0.3, -0.25) is 9.48 Å². The molecule has 1 amide bonds. The fourth-order valence-corrected chi connectivity index (χ4v) is 1.93. The largest absolute Gasteiger partial charge is 0.493 e. The lowest BCUT2D eigenvalue weighted by Crippen LogP contribution is -2.23. The van der Waals surface area contributed by atoms with E-state index in [0.717, 1.165) is 5.56 Å². The Morgan fingerprint density at radius 1 is 1.33 bits per heavy atom. The number of aryl methyl sites for hydroxylation is 1. The van der Waals surface area contributed by atoms with Crippen LogP contribution < -0.4 is 20.5 Å². The number of anilines is 1. The average molecular weight is 290 g/mol. The fraction of sp³-hybridized carbons (Fsp3) is 0.286. The maximum absolute atomic E-state index is 12.2. The van der Waals surface area contributed by atoms with Crippen molar-refractivity contribution in [3.63, 3.8) is 0 Å². The summed E-state index contributed by atoms with van der Waals surface area (Å²) < 4.78 is 12.0. The van der Waals surface area contributed by atoms with Crippen molar-refractivity contribution in [2.75, 3.05) is 20.0 Å². The molecule has 0 radical (unpaired) electrons. The minimum absolute atomic E-state index is 0.280. The van der Waals surface area contributed by atoms with Crippen molar-refractivity contribution < 1.29 is 14.3 Å². The summed E-state index contributed by atoms with van der Waals surface area (Å²) in [7, 11) is 4.84. The second-order valence-corrected chi connectivity index (χ2v) is 4.50. The molecule has 3 N–H and O–H groups in total. The molecule has 0 saturated heterocycles. The maximum Gasteiger partial charge on any atom is 0.253 e. The number of hydrogen-bond donors (Lipinski definition) is 2. The Hall–Kier alpha value is -2.70. The van der Waals surface area contributed by atoms with Gasteiger partial charge in [-0.05, 0) is 6.07 Å². The van der Waals surface area contributed by atoms with E-state index in [-0.39, 0.29) is 5.91 Å². The molecule has 0 saturated carbocycles. The Bertz CT molecular complexity index is 652. The predicted molar refractivity (Wildman–Crippen MR) is 78.3 cm³/mol. The van der Waals surface area contributed by atoms with Gasteiger partial charge in [-0.25, -0.2) is 0 Å². The van der Waals surface area contributed by atoms with E-state index in [2.05, 4.69) is 10.4 Å². The molecule has 0 aliphatic rings. The van der Waals surface area contributed by atoms with Gasteiger partial charge in [-0.2, -0.15) is 5.10 Å². The van der Waals surface area contributed by atoms with Gasteiger partial charge < -0.3 is 20.5 Å². The second kappa shape index (κ2) is 6.17. The van der Waals surface area contributed by atoms with Crippen LogP contribution in [0.2, 0.25) is 0 Å². The van der Waals surface area contributed by atoms with Gasteiger partial charge in [0.1, 0.15) is 0 Å². The first kappa shape index (κ1) is 14.7. The summed E-state index contributed by atoms with van der Waals surface area (Å²) in [6.45, 7) is 0.375. The van der Waals surface area contributed by atoms with Crippen LogP contribution in [-0.4, -0.2) is 29.9 Å². The van der Waals surface area contributed by atoms with Gasteiger partial charge in [0.15, 0.2) is 11.5 Å². The molecule has 1 aromatic heterocycles. The number of rotatable bonds is 5. The Morgan fingerprint density at radius 2 is 2.00 bits per heavy atom. The molecule has 7 heteroatoms. The predicted octanol–water partition coefficient (Wildman–Crippen LogP) is 0.949. The first-order valence-electron chi connectivity index (χ1n) is 6.32. The number of nitrogens with one attached hydrogen (secondary N) is 1. The minimum Gasteiger partial charge on any atom is -0.493 e. The molecular weight excluding hydrogens is 272 g/mol. The third-order valence-corrected chi connectivity index (χ3v) is 3.01. The molecule has 2 aromatic rings. The van der Waals surface area contributed by atoms with Gasteiger partial charge in [-0.15, -0.1) is 0 Å². The van der Waals surface area contributed by atoms with E-state index >= 15 is 0 Å². The minimum atomic E-state index is -0.280. The number of benzene rings is 1. The van der Waals surface area contributed by atoms with Crippen LogP contribution in [0.4, 0.5) is 5.69 Å². The number of aromatic nitrogens is 2. The van der Waals surface area contributed by atoms with E-state index in [0.29, 0.717) is 29.3 Å². The van der Waals surface area contributed by atoms with Gasteiger partial charge in [0.2, 0.25) is 0 Å². The summed E-state index contributed by atoms with van der Waals surface area (Å²) in [4.78, 5) is 12.2. The van der Waals surface area contributed by atoms with Gasteiger partial charge in [-0.1, -0.05) is 0 Å². The summed E-state index contributed by atoms with van der Waals surface area (Å²) in [6.07, 6.45) is 3.52. The molecule has 0 bridgehead atoms. The normalized spacial score (nSPS) is 10.2. The molecule has 0 unspecified atom stereocenters. The molecular formula is C14H18N4O3. The molecule has 2 rings (SSSR count). The van der Waals surface area contributed by atoms with Crippen LogP contribution in [0.5, 0.6) is 11.5 Å². The van der Waals surface area contributed by atoms with Gasteiger partial charge in [0.05, 0.1) is 26.0 Å². The second-order valence-electron chi connectivity index (χ2n) is 4.50. The molecule has 1 aromatic carbocycles. The highest BCUT2D eigenvalue weighted by Gasteiger charge is 2.15.